The molecule has 0 fully saturated rings. The number of hydrogen-bond acceptors (Lipinski definition) is 5. The predicted octanol–water partition coefficient (Wildman–Crippen LogP) is 1.77. The Kier molecular flexibility index (Phi) is 7.05. The molecule has 0 heterocycles. The number of amides is 2. The van der Waals surface area contributed by atoms with Crippen LogP contribution in [0, 0.1) is 0 Å². The van der Waals surface area contributed by atoms with Gasteiger partial charge in [0.05, 0.1) is 0 Å². The van der Waals surface area contributed by atoms with E-state index in [1.807, 2.05) is 31.1 Å². The number of benzene rings is 2. The molecule has 0 aliphatic rings. The summed E-state index contributed by atoms with van der Waals surface area (Å²) in [6, 6.07) is 13.4. The minimum absolute atomic E-state index is 0.131. The summed E-state index contributed by atoms with van der Waals surface area (Å²) in [4.78, 5) is 26.1. The van der Waals surface area contributed by atoms with Gasteiger partial charge in [-0.1, -0.05) is 0 Å². The van der Waals surface area contributed by atoms with Gasteiger partial charge in [0.25, 0.3) is 11.8 Å². The highest BCUT2D eigenvalue weighted by atomic mass is 16.5. The fourth-order valence-corrected chi connectivity index (χ4v) is 2.30. The summed E-state index contributed by atoms with van der Waals surface area (Å²) in [5, 5.41) is 14.7. The van der Waals surface area contributed by atoms with Gasteiger partial charge >= 0.3 is 0 Å². The first kappa shape index (κ1) is 20.1. The number of carbonyl (C=O) groups is 2. The summed E-state index contributed by atoms with van der Waals surface area (Å²) in [6.07, 6.45) is -0.691. The monoisotopic (exact) mass is 371 g/mol. The number of rotatable bonds is 8. The molecule has 0 bridgehead atoms. The van der Waals surface area contributed by atoms with Gasteiger partial charge in [-0.2, -0.15) is 0 Å². The smallest absolute Gasteiger partial charge is 0.260 e. The molecule has 0 saturated heterocycles. The van der Waals surface area contributed by atoms with Crippen LogP contribution in [0.25, 0.3) is 0 Å². The van der Waals surface area contributed by atoms with E-state index in [4.69, 9.17) is 4.74 Å². The van der Waals surface area contributed by atoms with Crippen LogP contribution in [0.1, 0.15) is 17.3 Å². The van der Waals surface area contributed by atoms with Crippen LogP contribution in [0.15, 0.2) is 48.5 Å². The highest BCUT2D eigenvalue weighted by Gasteiger charge is 2.14. The first-order valence-electron chi connectivity index (χ1n) is 8.66. The molecule has 7 nitrogen and oxygen atoms in total. The zero-order valence-electron chi connectivity index (χ0n) is 15.7. The molecule has 2 rings (SSSR count). The molecule has 0 aliphatic heterocycles. The van der Waals surface area contributed by atoms with E-state index in [1.54, 1.807) is 31.2 Å². The van der Waals surface area contributed by atoms with Crippen molar-refractivity contribution in [3.05, 3.63) is 54.1 Å². The maximum atomic E-state index is 12.1. The Hall–Kier alpha value is -3.22. The average molecular weight is 371 g/mol. The van der Waals surface area contributed by atoms with Gasteiger partial charge in [0.1, 0.15) is 11.5 Å². The van der Waals surface area contributed by atoms with Crippen LogP contribution in [-0.2, 0) is 4.79 Å². The summed E-state index contributed by atoms with van der Waals surface area (Å²) in [5.41, 5.74) is 1.58. The van der Waals surface area contributed by atoms with E-state index in [9.17, 15) is 14.7 Å². The standard InChI is InChI=1S/C20H25N3O4/c1-14(27-18-10-8-17(24)9-11-18)19(25)21-12-13-22-20(26)15-4-6-16(7-5-15)23(2)3/h4-11,14,24H,12-13H2,1-3H3,(H,21,25)(H,22,26). The van der Waals surface area contributed by atoms with Crippen molar-refractivity contribution < 1.29 is 19.4 Å². The molecule has 0 aliphatic carbocycles. The number of phenols is 1. The van der Waals surface area contributed by atoms with Crippen molar-refractivity contribution in [2.45, 2.75) is 13.0 Å². The summed E-state index contributed by atoms with van der Waals surface area (Å²) < 4.78 is 5.49. The Morgan fingerprint density at radius 2 is 1.59 bits per heavy atom. The summed E-state index contributed by atoms with van der Waals surface area (Å²) in [7, 11) is 3.87. The number of nitrogens with zero attached hydrogens (tertiary/aromatic N) is 1. The average Bonchev–Trinajstić information content (AvgIpc) is 2.66. The van der Waals surface area contributed by atoms with E-state index in [0.29, 0.717) is 24.4 Å². The van der Waals surface area contributed by atoms with Crippen LogP contribution in [0.2, 0.25) is 0 Å². The number of hydrogen-bond donors (Lipinski definition) is 3. The largest absolute Gasteiger partial charge is 0.508 e. The molecular formula is C20H25N3O4. The third-order valence-electron chi connectivity index (χ3n) is 3.87. The zero-order chi connectivity index (χ0) is 19.8. The number of nitrogens with one attached hydrogen (secondary N) is 2. The van der Waals surface area contributed by atoms with Crippen LogP contribution in [-0.4, -0.2) is 50.2 Å². The fraction of sp³-hybridized carbons (Fsp3) is 0.300. The van der Waals surface area contributed by atoms with E-state index in [-0.39, 0.29) is 17.6 Å². The van der Waals surface area contributed by atoms with Crippen molar-refractivity contribution in [2.24, 2.45) is 0 Å². The molecule has 2 aromatic rings. The van der Waals surface area contributed by atoms with E-state index in [2.05, 4.69) is 10.6 Å². The van der Waals surface area contributed by atoms with Gasteiger partial charge in [0, 0.05) is 38.4 Å². The number of aromatic hydroxyl groups is 1. The molecule has 0 saturated carbocycles. The maximum Gasteiger partial charge on any atom is 0.260 e. The molecule has 144 valence electrons. The molecule has 7 heteroatoms. The highest BCUT2D eigenvalue weighted by molar-refractivity contribution is 5.94. The van der Waals surface area contributed by atoms with Crippen LogP contribution >= 0.6 is 0 Å². The Bertz CT molecular complexity index is 758. The topological polar surface area (TPSA) is 90.9 Å². The second-order valence-electron chi connectivity index (χ2n) is 6.24. The van der Waals surface area contributed by atoms with Crippen molar-refractivity contribution >= 4 is 17.5 Å². The lowest BCUT2D eigenvalue weighted by molar-refractivity contribution is -0.127. The van der Waals surface area contributed by atoms with Gasteiger partial charge in [-0.3, -0.25) is 9.59 Å². The SMILES string of the molecule is CC(Oc1ccc(O)cc1)C(=O)NCCNC(=O)c1ccc(N(C)C)cc1. The molecule has 1 atom stereocenters. The third-order valence-corrected chi connectivity index (χ3v) is 3.87. The normalized spacial score (nSPS) is 11.4. The molecule has 1 unspecified atom stereocenters. The Balaban J connectivity index is 1.71. The van der Waals surface area contributed by atoms with Crippen LogP contribution in [0.3, 0.4) is 0 Å². The minimum Gasteiger partial charge on any atom is -0.508 e. The van der Waals surface area contributed by atoms with Gasteiger partial charge in [-0.25, -0.2) is 0 Å². The molecular weight excluding hydrogens is 346 g/mol. The zero-order valence-corrected chi connectivity index (χ0v) is 15.7. The maximum absolute atomic E-state index is 12.1. The first-order chi connectivity index (χ1) is 12.9. The van der Waals surface area contributed by atoms with Gasteiger partial charge < -0.3 is 25.4 Å². The van der Waals surface area contributed by atoms with Crippen molar-refractivity contribution in [1.29, 1.82) is 0 Å². The van der Waals surface area contributed by atoms with E-state index < -0.39 is 6.10 Å². The van der Waals surface area contributed by atoms with E-state index >= 15 is 0 Å². The number of anilines is 1. The summed E-state index contributed by atoms with van der Waals surface area (Å²) >= 11 is 0. The molecule has 0 aromatic heterocycles. The van der Waals surface area contributed by atoms with Crippen molar-refractivity contribution in [1.82, 2.24) is 10.6 Å². The van der Waals surface area contributed by atoms with Crippen LogP contribution in [0.5, 0.6) is 11.5 Å². The van der Waals surface area contributed by atoms with Gasteiger partial charge in [0.2, 0.25) is 0 Å². The first-order valence-corrected chi connectivity index (χ1v) is 8.66. The molecule has 2 aromatic carbocycles. The second-order valence-corrected chi connectivity index (χ2v) is 6.24. The third kappa shape index (κ3) is 6.22. The minimum atomic E-state index is -0.691. The van der Waals surface area contributed by atoms with Gasteiger partial charge in [-0.15, -0.1) is 0 Å². The van der Waals surface area contributed by atoms with Crippen LogP contribution in [0.4, 0.5) is 5.69 Å². The van der Waals surface area contributed by atoms with Gasteiger partial charge in [0.15, 0.2) is 6.10 Å². The Morgan fingerprint density at radius 3 is 2.19 bits per heavy atom. The lowest BCUT2D eigenvalue weighted by Gasteiger charge is -2.15. The fourth-order valence-electron chi connectivity index (χ4n) is 2.30. The molecule has 3 N–H and O–H groups in total. The van der Waals surface area contributed by atoms with E-state index in [1.165, 1.54) is 12.1 Å². The molecule has 0 radical (unpaired) electrons. The summed E-state index contributed by atoms with van der Waals surface area (Å²) in [5.74, 6) is 0.145. The van der Waals surface area contributed by atoms with E-state index in [0.717, 1.165) is 5.69 Å². The molecule has 2 amide bonds. The number of carbonyl (C=O) groups excluding carboxylic acids is 2. The van der Waals surface area contributed by atoms with Crippen LogP contribution < -0.4 is 20.3 Å². The van der Waals surface area contributed by atoms with Gasteiger partial charge in [-0.05, 0) is 55.5 Å². The van der Waals surface area contributed by atoms with Crippen molar-refractivity contribution in [3.8, 4) is 11.5 Å². The quantitative estimate of drug-likeness (QED) is 0.615. The summed E-state index contributed by atoms with van der Waals surface area (Å²) in [6.45, 7) is 2.24. The molecule has 0 spiro atoms. The van der Waals surface area contributed by atoms with Crippen molar-refractivity contribution in [2.75, 3.05) is 32.1 Å². The number of phenolic OH excluding ortho intramolecular Hbond substituents is 1. The van der Waals surface area contributed by atoms with Crippen molar-refractivity contribution in [3.63, 3.8) is 0 Å². The lowest BCUT2D eigenvalue weighted by atomic mass is 10.2. The Morgan fingerprint density at radius 1 is 1.00 bits per heavy atom. The second kappa shape index (κ2) is 9.47. The highest BCUT2D eigenvalue weighted by Crippen LogP contribution is 2.17. The molecule has 27 heavy (non-hydrogen) atoms. The lowest BCUT2D eigenvalue weighted by Crippen LogP contribution is -2.40. The predicted molar refractivity (Wildman–Crippen MR) is 104 cm³/mol. The number of ether oxygens (including phenoxy) is 1. The Labute approximate surface area is 158 Å².